The van der Waals surface area contributed by atoms with Crippen LogP contribution in [0.1, 0.15) is 5.56 Å². The van der Waals surface area contributed by atoms with E-state index in [1.807, 2.05) is 30.3 Å². The SMILES string of the molecule is COC(=O)CSc1ncnc2c1nnn2Cc1ccccc1. The van der Waals surface area contributed by atoms with E-state index in [9.17, 15) is 4.79 Å². The molecule has 112 valence electrons. The third kappa shape index (κ3) is 3.06. The van der Waals surface area contributed by atoms with Gasteiger partial charge < -0.3 is 4.74 Å². The summed E-state index contributed by atoms with van der Waals surface area (Å²) in [7, 11) is 1.36. The fourth-order valence-corrected chi connectivity index (χ4v) is 2.69. The largest absolute Gasteiger partial charge is 0.468 e. The number of thioether (sulfide) groups is 1. The van der Waals surface area contributed by atoms with Crippen molar-refractivity contribution in [2.75, 3.05) is 12.9 Å². The van der Waals surface area contributed by atoms with Gasteiger partial charge in [0.1, 0.15) is 11.4 Å². The number of fused-ring (bicyclic) bond motifs is 1. The molecule has 2 aromatic heterocycles. The van der Waals surface area contributed by atoms with Gasteiger partial charge in [0.25, 0.3) is 0 Å². The Labute approximate surface area is 130 Å². The topological polar surface area (TPSA) is 82.8 Å². The Morgan fingerprint density at radius 3 is 2.86 bits per heavy atom. The van der Waals surface area contributed by atoms with Gasteiger partial charge in [0.2, 0.25) is 0 Å². The van der Waals surface area contributed by atoms with Gasteiger partial charge in [-0.05, 0) is 5.56 Å². The van der Waals surface area contributed by atoms with Crippen LogP contribution in [-0.2, 0) is 16.1 Å². The first-order valence-corrected chi connectivity index (χ1v) is 7.54. The van der Waals surface area contributed by atoms with Crippen LogP contribution >= 0.6 is 11.8 Å². The number of rotatable bonds is 5. The van der Waals surface area contributed by atoms with Crippen LogP contribution in [0, 0.1) is 0 Å². The molecule has 0 N–H and O–H groups in total. The Kier molecular flexibility index (Phi) is 4.29. The van der Waals surface area contributed by atoms with Crippen molar-refractivity contribution in [3.63, 3.8) is 0 Å². The number of hydrogen-bond donors (Lipinski definition) is 0. The normalized spacial score (nSPS) is 10.8. The minimum absolute atomic E-state index is 0.175. The van der Waals surface area contributed by atoms with Gasteiger partial charge in [0.15, 0.2) is 11.2 Å². The summed E-state index contributed by atoms with van der Waals surface area (Å²) in [6.07, 6.45) is 1.45. The number of esters is 1. The molecule has 8 heteroatoms. The predicted molar refractivity (Wildman–Crippen MR) is 81.4 cm³/mol. The Bertz CT molecular complexity index is 790. The van der Waals surface area contributed by atoms with E-state index in [4.69, 9.17) is 0 Å². The molecule has 3 aromatic rings. The number of carbonyl (C=O) groups excluding carboxylic acids is 1. The molecule has 0 radical (unpaired) electrons. The van der Waals surface area contributed by atoms with E-state index in [0.717, 1.165) is 5.56 Å². The number of benzene rings is 1. The van der Waals surface area contributed by atoms with E-state index in [0.29, 0.717) is 22.7 Å². The fourth-order valence-electron chi connectivity index (χ4n) is 1.93. The highest BCUT2D eigenvalue weighted by Crippen LogP contribution is 2.22. The van der Waals surface area contributed by atoms with Crippen molar-refractivity contribution >= 4 is 28.9 Å². The molecule has 0 fully saturated rings. The molecular weight excluding hydrogens is 302 g/mol. The van der Waals surface area contributed by atoms with Crippen molar-refractivity contribution in [2.45, 2.75) is 11.6 Å². The molecule has 0 amide bonds. The lowest BCUT2D eigenvalue weighted by Crippen LogP contribution is -2.04. The van der Waals surface area contributed by atoms with Crippen molar-refractivity contribution < 1.29 is 9.53 Å². The molecule has 0 unspecified atom stereocenters. The number of carbonyl (C=O) groups is 1. The zero-order valence-corrected chi connectivity index (χ0v) is 12.7. The summed E-state index contributed by atoms with van der Waals surface area (Å²) in [5, 5.41) is 8.89. The second kappa shape index (κ2) is 6.52. The first-order chi connectivity index (χ1) is 10.8. The van der Waals surface area contributed by atoms with Crippen LogP contribution in [0.25, 0.3) is 11.2 Å². The van der Waals surface area contributed by atoms with Crippen LogP contribution in [-0.4, -0.2) is 43.8 Å². The van der Waals surface area contributed by atoms with Crippen molar-refractivity contribution in [3.8, 4) is 0 Å². The second-order valence-corrected chi connectivity index (χ2v) is 5.41. The molecular formula is C14H13N5O2S. The van der Waals surface area contributed by atoms with E-state index in [1.54, 1.807) is 4.68 Å². The third-order valence-electron chi connectivity index (χ3n) is 3.00. The zero-order valence-electron chi connectivity index (χ0n) is 11.8. The Hall–Kier alpha value is -2.48. The molecule has 0 aliphatic rings. The molecule has 0 bridgehead atoms. The summed E-state index contributed by atoms with van der Waals surface area (Å²) in [5.41, 5.74) is 2.34. The summed E-state index contributed by atoms with van der Waals surface area (Å²) in [6.45, 7) is 0.579. The van der Waals surface area contributed by atoms with Gasteiger partial charge >= 0.3 is 5.97 Å². The highest BCUT2D eigenvalue weighted by atomic mass is 32.2. The predicted octanol–water partition coefficient (Wildman–Crippen LogP) is 1.53. The number of nitrogens with zero attached hydrogens (tertiary/aromatic N) is 5. The second-order valence-electron chi connectivity index (χ2n) is 4.45. The van der Waals surface area contributed by atoms with Gasteiger partial charge in [-0.1, -0.05) is 47.3 Å². The maximum atomic E-state index is 11.2. The van der Waals surface area contributed by atoms with Crippen molar-refractivity contribution in [2.24, 2.45) is 0 Å². The number of aromatic nitrogens is 5. The summed E-state index contributed by atoms with van der Waals surface area (Å²) >= 11 is 1.26. The van der Waals surface area contributed by atoms with Gasteiger partial charge in [-0.15, -0.1) is 5.10 Å². The van der Waals surface area contributed by atoms with E-state index in [2.05, 4.69) is 25.0 Å². The molecule has 0 saturated carbocycles. The van der Waals surface area contributed by atoms with Gasteiger partial charge in [-0.25, -0.2) is 14.6 Å². The monoisotopic (exact) mass is 315 g/mol. The molecule has 2 heterocycles. The van der Waals surface area contributed by atoms with Crippen LogP contribution < -0.4 is 0 Å². The molecule has 7 nitrogen and oxygen atoms in total. The third-order valence-corrected chi connectivity index (χ3v) is 3.95. The van der Waals surface area contributed by atoms with E-state index in [1.165, 1.54) is 25.2 Å². The number of hydrogen-bond acceptors (Lipinski definition) is 7. The minimum atomic E-state index is -0.312. The highest BCUT2D eigenvalue weighted by Gasteiger charge is 2.13. The lowest BCUT2D eigenvalue weighted by molar-refractivity contribution is -0.137. The number of methoxy groups -OCH3 is 1. The van der Waals surface area contributed by atoms with Gasteiger partial charge in [0.05, 0.1) is 19.4 Å². The molecule has 0 aliphatic carbocycles. The van der Waals surface area contributed by atoms with Crippen LogP contribution in [0.2, 0.25) is 0 Å². The summed E-state index contributed by atoms with van der Waals surface area (Å²) < 4.78 is 6.34. The highest BCUT2D eigenvalue weighted by molar-refractivity contribution is 8.00. The first-order valence-electron chi connectivity index (χ1n) is 6.55. The smallest absolute Gasteiger partial charge is 0.316 e. The fraction of sp³-hybridized carbons (Fsp3) is 0.214. The molecule has 0 aliphatic heterocycles. The van der Waals surface area contributed by atoms with E-state index >= 15 is 0 Å². The van der Waals surface area contributed by atoms with E-state index in [-0.39, 0.29) is 11.7 Å². The standard InChI is InChI=1S/C14H13N5O2S/c1-21-11(20)8-22-14-12-13(15-9-16-14)19(18-17-12)7-10-5-3-2-4-6-10/h2-6,9H,7-8H2,1H3. The summed E-state index contributed by atoms with van der Waals surface area (Å²) in [5.74, 6) is -0.137. The Morgan fingerprint density at radius 1 is 1.27 bits per heavy atom. The van der Waals surface area contributed by atoms with Crippen molar-refractivity contribution in [1.82, 2.24) is 25.0 Å². The summed E-state index contributed by atoms with van der Waals surface area (Å²) in [6, 6.07) is 9.94. The molecule has 0 atom stereocenters. The Morgan fingerprint density at radius 2 is 2.09 bits per heavy atom. The summed E-state index contributed by atoms with van der Waals surface area (Å²) in [4.78, 5) is 19.6. The quantitative estimate of drug-likeness (QED) is 0.401. The van der Waals surface area contributed by atoms with Crippen molar-refractivity contribution in [3.05, 3.63) is 42.2 Å². The van der Waals surface area contributed by atoms with Gasteiger partial charge in [-0.3, -0.25) is 4.79 Å². The minimum Gasteiger partial charge on any atom is -0.468 e. The Balaban J connectivity index is 1.87. The number of ether oxygens (including phenoxy) is 1. The van der Waals surface area contributed by atoms with Crippen LogP contribution in [0.3, 0.4) is 0 Å². The van der Waals surface area contributed by atoms with Crippen LogP contribution in [0.4, 0.5) is 0 Å². The maximum Gasteiger partial charge on any atom is 0.316 e. The van der Waals surface area contributed by atoms with Gasteiger partial charge in [0, 0.05) is 0 Å². The molecule has 1 aromatic carbocycles. The maximum absolute atomic E-state index is 11.2. The average Bonchev–Trinajstić information content (AvgIpc) is 2.97. The van der Waals surface area contributed by atoms with Crippen LogP contribution in [0.5, 0.6) is 0 Å². The van der Waals surface area contributed by atoms with Crippen molar-refractivity contribution in [1.29, 1.82) is 0 Å². The first kappa shape index (κ1) is 14.5. The lowest BCUT2D eigenvalue weighted by Gasteiger charge is -2.02. The zero-order chi connectivity index (χ0) is 15.4. The molecule has 0 saturated heterocycles. The molecule has 3 rings (SSSR count). The van der Waals surface area contributed by atoms with E-state index < -0.39 is 0 Å². The molecule has 0 spiro atoms. The van der Waals surface area contributed by atoms with Crippen LogP contribution in [0.15, 0.2) is 41.7 Å². The molecule has 22 heavy (non-hydrogen) atoms. The lowest BCUT2D eigenvalue weighted by atomic mass is 10.2. The van der Waals surface area contributed by atoms with Gasteiger partial charge in [-0.2, -0.15) is 0 Å². The average molecular weight is 315 g/mol.